The van der Waals surface area contributed by atoms with Gasteiger partial charge in [0.2, 0.25) is 0 Å². The van der Waals surface area contributed by atoms with Crippen LogP contribution in [0.15, 0.2) is 39.3 Å². The zero-order chi connectivity index (χ0) is 21.0. The van der Waals surface area contributed by atoms with E-state index in [9.17, 15) is 24.8 Å². The van der Waals surface area contributed by atoms with E-state index in [2.05, 4.69) is 42.5 Å². The minimum absolute atomic E-state index is 0.00662. The number of nitrogens with one attached hydrogen (secondary N) is 2. The van der Waals surface area contributed by atoms with E-state index >= 15 is 0 Å². The fourth-order valence-corrected chi connectivity index (χ4v) is 3.68. The molecule has 2 rings (SSSR count). The summed E-state index contributed by atoms with van der Waals surface area (Å²) in [6.07, 6.45) is 0. The lowest BCUT2D eigenvalue weighted by atomic mass is 10.1. The molecule has 0 aromatic heterocycles. The van der Waals surface area contributed by atoms with Crippen molar-refractivity contribution in [2.45, 2.75) is 0 Å². The van der Waals surface area contributed by atoms with Crippen LogP contribution in [0.1, 0.15) is 20.7 Å². The third kappa shape index (κ3) is 5.03. The molecule has 0 bridgehead atoms. The van der Waals surface area contributed by atoms with Crippen molar-refractivity contribution in [1.82, 2.24) is 5.32 Å². The van der Waals surface area contributed by atoms with Crippen LogP contribution in [-0.4, -0.2) is 34.1 Å². The Hall–Kier alpha value is -2.57. The van der Waals surface area contributed by atoms with Crippen LogP contribution >= 0.6 is 44.1 Å². The van der Waals surface area contributed by atoms with Gasteiger partial charge in [0.25, 0.3) is 5.91 Å². The molecule has 12 heteroatoms. The Labute approximate surface area is 180 Å². The number of amides is 1. The Morgan fingerprint density at radius 3 is 2.50 bits per heavy atom. The van der Waals surface area contributed by atoms with Crippen molar-refractivity contribution >= 4 is 72.4 Å². The first kappa shape index (κ1) is 21.7. The lowest BCUT2D eigenvalue weighted by Crippen LogP contribution is -2.34. The summed E-state index contributed by atoms with van der Waals surface area (Å²) in [6, 6.07) is 6.65. The summed E-state index contributed by atoms with van der Waals surface area (Å²) >= 11 is 11.5. The molecular formula is C16H11Br2N3O6S. The normalized spacial score (nSPS) is 10.1. The summed E-state index contributed by atoms with van der Waals surface area (Å²) in [4.78, 5) is 34.2. The molecule has 9 nitrogen and oxygen atoms in total. The number of nitrogens with zero attached hydrogens (tertiary/aromatic N) is 1. The minimum Gasteiger partial charge on any atom is -0.490 e. The lowest BCUT2D eigenvalue weighted by molar-refractivity contribution is -0.385. The number of halogens is 2. The van der Waals surface area contributed by atoms with Crippen LogP contribution in [0.3, 0.4) is 0 Å². The molecule has 2 aromatic carbocycles. The van der Waals surface area contributed by atoms with Gasteiger partial charge in [0, 0.05) is 20.6 Å². The van der Waals surface area contributed by atoms with Crippen LogP contribution in [0.5, 0.6) is 5.75 Å². The summed E-state index contributed by atoms with van der Waals surface area (Å²) in [7, 11) is 1.28. The van der Waals surface area contributed by atoms with Gasteiger partial charge in [-0.1, -0.05) is 15.9 Å². The van der Waals surface area contributed by atoms with E-state index in [0.29, 0.717) is 8.95 Å². The van der Waals surface area contributed by atoms with Gasteiger partial charge in [-0.25, -0.2) is 4.79 Å². The Bertz CT molecular complexity index is 999. The number of anilines is 1. The number of nitro benzene ring substituents is 1. The molecule has 0 saturated heterocycles. The average molecular weight is 533 g/mol. The highest BCUT2D eigenvalue weighted by Gasteiger charge is 2.20. The molecule has 2 aromatic rings. The molecule has 0 heterocycles. The second kappa shape index (κ2) is 9.08. The molecule has 3 N–H and O–H groups in total. The maximum atomic E-state index is 12.3. The number of ether oxygens (including phenoxy) is 1. The summed E-state index contributed by atoms with van der Waals surface area (Å²) < 4.78 is 5.81. The number of hydrogen-bond donors (Lipinski definition) is 3. The van der Waals surface area contributed by atoms with Gasteiger partial charge in [-0.3, -0.25) is 20.2 Å². The van der Waals surface area contributed by atoms with E-state index in [1.54, 1.807) is 6.07 Å². The van der Waals surface area contributed by atoms with E-state index in [0.717, 1.165) is 6.07 Å². The smallest absolute Gasteiger partial charge is 0.337 e. The third-order valence-corrected chi connectivity index (χ3v) is 4.68. The number of carboxylic acid groups (broad SMARTS) is 1. The van der Waals surface area contributed by atoms with Crippen LogP contribution in [0.2, 0.25) is 0 Å². The molecule has 0 atom stereocenters. The topological polar surface area (TPSA) is 131 Å². The van der Waals surface area contributed by atoms with Crippen molar-refractivity contribution in [2.24, 2.45) is 0 Å². The summed E-state index contributed by atoms with van der Waals surface area (Å²) in [5.41, 5.74) is -0.345. The predicted molar refractivity (Wildman–Crippen MR) is 112 cm³/mol. The number of aromatic carboxylic acids is 1. The molecule has 28 heavy (non-hydrogen) atoms. The van der Waals surface area contributed by atoms with Crippen LogP contribution in [0.4, 0.5) is 11.4 Å². The maximum absolute atomic E-state index is 12.3. The highest BCUT2D eigenvalue weighted by Crippen LogP contribution is 2.31. The summed E-state index contributed by atoms with van der Waals surface area (Å²) in [5, 5.41) is 25.2. The Morgan fingerprint density at radius 1 is 1.25 bits per heavy atom. The predicted octanol–water partition coefficient (Wildman–Crippen LogP) is 3.95. The first-order valence-corrected chi connectivity index (χ1v) is 9.30. The van der Waals surface area contributed by atoms with Crippen molar-refractivity contribution < 1.29 is 24.4 Å². The summed E-state index contributed by atoms with van der Waals surface area (Å²) in [6.45, 7) is 0. The molecule has 0 unspecified atom stereocenters. The summed E-state index contributed by atoms with van der Waals surface area (Å²) in [5.74, 6) is -1.91. The van der Waals surface area contributed by atoms with Gasteiger partial charge in [0.15, 0.2) is 10.9 Å². The van der Waals surface area contributed by atoms with E-state index in [1.807, 2.05) is 0 Å². The van der Waals surface area contributed by atoms with E-state index in [-0.39, 0.29) is 33.4 Å². The Balaban J connectivity index is 2.23. The number of thiocarbonyl (C=S) groups is 1. The number of rotatable bonds is 5. The number of hydrogen-bond acceptors (Lipinski definition) is 6. The van der Waals surface area contributed by atoms with Crippen LogP contribution in [0.25, 0.3) is 0 Å². The second-order valence-corrected chi connectivity index (χ2v) is 7.35. The van der Waals surface area contributed by atoms with Crippen LogP contribution < -0.4 is 15.4 Å². The minimum atomic E-state index is -1.20. The van der Waals surface area contributed by atoms with Gasteiger partial charge in [0.05, 0.1) is 23.3 Å². The van der Waals surface area contributed by atoms with Crippen molar-refractivity contribution in [3.05, 3.63) is 60.5 Å². The molecule has 0 aliphatic rings. The zero-order valence-corrected chi connectivity index (χ0v) is 18.0. The quantitative estimate of drug-likeness (QED) is 0.299. The highest BCUT2D eigenvalue weighted by molar-refractivity contribution is 9.11. The monoisotopic (exact) mass is 531 g/mol. The van der Waals surface area contributed by atoms with E-state index in [1.165, 1.54) is 25.3 Å². The number of carbonyl (C=O) groups excluding carboxylic acids is 1. The molecule has 1 amide bonds. The number of benzene rings is 2. The van der Waals surface area contributed by atoms with Crippen molar-refractivity contribution in [1.29, 1.82) is 0 Å². The first-order valence-electron chi connectivity index (χ1n) is 7.31. The number of methoxy groups -OCH3 is 1. The van der Waals surface area contributed by atoms with Gasteiger partial charge in [-0.2, -0.15) is 0 Å². The maximum Gasteiger partial charge on any atom is 0.337 e. The standard InChI is InChI=1S/C16H11Br2N3O6S/c1-27-12-3-2-7(4-11(12)21(25)26)14(22)20-16(28)19-13-9(15(23)24)5-8(17)6-10(13)18/h2-6H,1H3,(H,23,24)(H2,19,20,22,28). The SMILES string of the molecule is COc1ccc(C(=O)NC(=S)Nc2c(Br)cc(Br)cc2C(=O)O)cc1[N+](=O)[O-]. The highest BCUT2D eigenvalue weighted by atomic mass is 79.9. The molecule has 0 radical (unpaired) electrons. The van der Waals surface area contributed by atoms with Crippen molar-refractivity contribution in [2.75, 3.05) is 12.4 Å². The van der Waals surface area contributed by atoms with Gasteiger partial charge >= 0.3 is 11.7 Å². The molecule has 0 saturated carbocycles. The average Bonchev–Trinajstić information content (AvgIpc) is 2.62. The molecular weight excluding hydrogens is 522 g/mol. The molecule has 146 valence electrons. The zero-order valence-electron chi connectivity index (χ0n) is 14.0. The Morgan fingerprint density at radius 2 is 1.93 bits per heavy atom. The Kier molecular flexibility index (Phi) is 7.05. The first-order chi connectivity index (χ1) is 13.1. The number of carboxylic acids is 1. The molecule has 0 aliphatic carbocycles. The van der Waals surface area contributed by atoms with Crippen molar-refractivity contribution in [3.63, 3.8) is 0 Å². The second-order valence-electron chi connectivity index (χ2n) is 5.17. The van der Waals surface area contributed by atoms with Crippen molar-refractivity contribution in [3.8, 4) is 5.75 Å². The van der Waals surface area contributed by atoms with E-state index in [4.69, 9.17) is 17.0 Å². The molecule has 0 aliphatic heterocycles. The largest absolute Gasteiger partial charge is 0.490 e. The number of carbonyl (C=O) groups is 2. The molecule has 0 spiro atoms. The van der Waals surface area contributed by atoms with Gasteiger partial charge < -0.3 is 15.2 Å². The van der Waals surface area contributed by atoms with E-state index < -0.39 is 16.8 Å². The lowest BCUT2D eigenvalue weighted by Gasteiger charge is -2.14. The van der Waals surface area contributed by atoms with Gasteiger partial charge in [-0.05, 0) is 52.4 Å². The van der Waals surface area contributed by atoms with Crippen LogP contribution in [-0.2, 0) is 0 Å². The van der Waals surface area contributed by atoms with Gasteiger partial charge in [0.1, 0.15) is 0 Å². The van der Waals surface area contributed by atoms with Crippen LogP contribution in [0, 0.1) is 10.1 Å². The fourth-order valence-electron chi connectivity index (χ4n) is 2.16. The fraction of sp³-hybridized carbons (Fsp3) is 0.0625. The molecule has 0 fully saturated rings. The van der Waals surface area contributed by atoms with Gasteiger partial charge in [-0.15, -0.1) is 0 Å². The number of nitro groups is 1. The third-order valence-electron chi connectivity index (χ3n) is 3.39.